The molecule has 0 aromatic rings. The van der Waals surface area contributed by atoms with Crippen molar-refractivity contribution in [3.63, 3.8) is 0 Å². The molecular weight excluding hydrogens is 184 g/mol. The first-order chi connectivity index (χ1) is 7.13. The summed E-state index contributed by atoms with van der Waals surface area (Å²) < 4.78 is 0. The first kappa shape index (κ1) is 12.5. The van der Waals surface area contributed by atoms with Crippen LogP contribution in [0.3, 0.4) is 0 Å². The number of hydrogen-bond donors (Lipinski definition) is 1. The summed E-state index contributed by atoms with van der Waals surface area (Å²) in [6.45, 7) is 6.46. The molecule has 2 N–H and O–H groups in total. The van der Waals surface area contributed by atoms with Crippen LogP contribution in [0.1, 0.15) is 59.3 Å². The Morgan fingerprint density at radius 3 is 2.33 bits per heavy atom. The van der Waals surface area contributed by atoms with Crippen molar-refractivity contribution in [3.8, 4) is 0 Å². The first-order valence-corrected chi connectivity index (χ1v) is 6.46. The molecule has 88 valence electrons. The molecule has 0 aliphatic heterocycles. The van der Waals surface area contributed by atoms with Gasteiger partial charge in [0.05, 0.1) is 5.84 Å². The summed E-state index contributed by atoms with van der Waals surface area (Å²) in [6, 6.07) is 0.346. The molecule has 0 amide bonds. The van der Waals surface area contributed by atoms with Crippen molar-refractivity contribution in [1.82, 2.24) is 0 Å². The molecule has 0 bridgehead atoms. The van der Waals surface area contributed by atoms with Crippen LogP contribution in [0.2, 0.25) is 0 Å². The molecule has 0 atom stereocenters. The first-order valence-electron chi connectivity index (χ1n) is 6.46. The lowest BCUT2D eigenvalue weighted by Gasteiger charge is -2.28. The van der Waals surface area contributed by atoms with E-state index in [2.05, 4.69) is 25.8 Å². The van der Waals surface area contributed by atoms with Crippen LogP contribution in [0.5, 0.6) is 0 Å². The second-order valence-electron chi connectivity index (χ2n) is 5.15. The molecule has 1 aliphatic rings. The molecule has 0 saturated heterocycles. The van der Waals surface area contributed by atoms with Gasteiger partial charge in [-0.3, -0.25) is 4.99 Å². The third kappa shape index (κ3) is 4.23. The number of nitrogens with two attached hydrogens (primary N) is 1. The highest BCUT2D eigenvalue weighted by Crippen LogP contribution is 2.31. The van der Waals surface area contributed by atoms with Crippen molar-refractivity contribution in [2.75, 3.05) is 0 Å². The summed E-state index contributed by atoms with van der Waals surface area (Å²) in [6.07, 6.45) is 7.94. The van der Waals surface area contributed by atoms with Crippen LogP contribution in [0.25, 0.3) is 0 Å². The van der Waals surface area contributed by atoms with E-state index < -0.39 is 0 Å². The van der Waals surface area contributed by atoms with Gasteiger partial charge in [-0.2, -0.15) is 0 Å². The van der Waals surface area contributed by atoms with Crippen LogP contribution in [-0.2, 0) is 0 Å². The van der Waals surface area contributed by atoms with Crippen molar-refractivity contribution in [2.24, 2.45) is 22.6 Å². The summed E-state index contributed by atoms with van der Waals surface area (Å²) >= 11 is 0. The zero-order chi connectivity index (χ0) is 11.3. The Hall–Kier alpha value is -0.530. The quantitative estimate of drug-likeness (QED) is 0.561. The van der Waals surface area contributed by atoms with Gasteiger partial charge in [-0.1, -0.05) is 19.8 Å². The Balaban J connectivity index is 2.36. The predicted molar refractivity (Wildman–Crippen MR) is 67.1 cm³/mol. The van der Waals surface area contributed by atoms with Crippen LogP contribution in [0, 0.1) is 11.8 Å². The Kier molecular flexibility index (Phi) is 5.13. The smallest absolute Gasteiger partial charge is 0.0971 e. The summed E-state index contributed by atoms with van der Waals surface area (Å²) in [4.78, 5) is 4.47. The third-order valence-electron chi connectivity index (χ3n) is 3.37. The van der Waals surface area contributed by atoms with Gasteiger partial charge in [-0.15, -0.1) is 0 Å². The number of nitrogens with zero attached hydrogens (tertiary/aromatic N) is 1. The molecule has 0 spiro atoms. The Morgan fingerprint density at radius 2 is 1.87 bits per heavy atom. The van der Waals surface area contributed by atoms with Crippen LogP contribution in [0.15, 0.2) is 4.99 Å². The highest BCUT2D eigenvalue weighted by atomic mass is 14.9. The van der Waals surface area contributed by atoms with Crippen LogP contribution >= 0.6 is 0 Å². The Bertz CT molecular complexity index is 201. The van der Waals surface area contributed by atoms with Crippen molar-refractivity contribution >= 4 is 5.84 Å². The van der Waals surface area contributed by atoms with Crippen molar-refractivity contribution in [2.45, 2.75) is 65.3 Å². The predicted octanol–water partition coefficient (Wildman–Crippen LogP) is 3.36. The van der Waals surface area contributed by atoms with Crippen LogP contribution in [0.4, 0.5) is 0 Å². The van der Waals surface area contributed by atoms with E-state index in [1.54, 1.807) is 0 Å². The fourth-order valence-electron chi connectivity index (χ4n) is 2.56. The SMILES string of the molecule is CCCC1CCC(C(N)=NC(C)C)CC1. The summed E-state index contributed by atoms with van der Waals surface area (Å²) in [5.41, 5.74) is 6.02. The van der Waals surface area contributed by atoms with E-state index in [-0.39, 0.29) is 0 Å². The van der Waals surface area contributed by atoms with Gasteiger partial charge in [-0.25, -0.2) is 0 Å². The molecular formula is C13H26N2. The van der Waals surface area contributed by atoms with Crippen LogP contribution in [-0.4, -0.2) is 11.9 Å². The number of aliphatic imine (C=N–C) groups is 1. The van der Waals surface area contributed by atoms with Gasteiger partial charge in [-0.05, 0) is 45.4 Å². The number of rotatable bonds is 4. The minimum absolute atomic E-state index is 0.346. The van der Waals surface area contributed by atoms with Gasteiger partial charge in [0, 0.05) is 12.0 Å². The van der Waals surface area contributed by atoms with E-state index in [0.717, 1.165) is 11.8 Å². The van der Waals surface area contributed by atoms with E-state index >= 15 is 0 Å². The van der Waals surface area contributed by atoms with Gasteiger partial charge < -0.3 is 5.73 Å². The average molecular weight is 210 g/mol. The zero-order valence-corrected chi connectivity index (χ0v) is 10.5. The maximum atomic E-state index is 6.02. The minimum Gasteiger partial charge on any atom is -0.387 e. The fourth-order valence-corrected chi connectivity index (χ4v) is 2.56. The minimum atomic E-state index is 0.346. The Labute approximate surface area is 94.3 Å². The second kappa shape index (κ2) is 6.14. The standard InChI is InChI=1S/C13H26N2/c1-4-5-11-6-8-12(9-7-11)13(14)15-10(2)3/h10-12H,4-9H2,1-3H3,(H2,14,15). The molecule has 1 fully saturated rings. The monoisotopic (exact) mass is 210 g/mol. The fraction of sp³-hybridized carbons (Fsp3) is 0.923. The molecule has 0 radical (unpaired) electrons. The maximum Gasteiger partial charge on any atom is 0.0971 e. The molecule has 0 aromatic carbocycles. The van der Waals surface area contributed by atoms with Crippen molar-refractivity contribution in [3.05, 3.63) is 0 Å². The lowest BCUT2D eigenvalue weighted by molar-refractivity contribution is 0.303. The van der Waals surface area contributed by atoms with Gasteiger partial charge >= 0.3 is 0 Å². The van der Waals surface area contributed by atoms with E-state index in [1.165, 1.54) is 38.5 Å². The summed E-state index contributed by atoms with van der Waals surface area (Å²) in [7, 11) is 0. The van der Waals surface area contributed by atoms with Gasteiger partial charge in [0.15, 0.2) is 0 Å². The molecule has 0 aromatic heterocycles. The van der Waals surface area contributed by atoms with E-state index in [0.29, 0.717) is 12.0 Å². The molecule has 1 rings (SSSR count). The second-order valence-corrected chi connectivity index (χ2v) is 5.15. The van der Waals surface area contributed by atoms with E-state index in [1.807, 2.05) is 0 Å². The van der Waals surface area contributed by atoms with E-state index in [4.69, 9.17) is 5.73 Å². The molecule has 0 unspecified atom stereocenters. The molecule has 1 aliphatic carbocycles. The Morgan fingerprint density at radius 1 is 1.27 bits per heavy atom. The third-order valence-corrected chi connectivity index (χ3v) is 3.37. The highest BCUT2D eigenvalue weighted by Gasteiger charge is 2.22. The molecule has 2 nitrogen and oxygen atoms in total. The molecule has 2 heteroatoms. The largest absolute Gasteiger partial charge is 0.387 e. The summed E-state index contributed by atoms with van der Waals surface area (Å²) in [5, 5.41) is 0. The van der Waals surface area contributed by atoms with Crippen molar-refractivity contribution < 1.29 is 0 Å². The highest BCUT2D eigenvalue weighted by molar-refractivity contribution is 5.83. The lowest BCUT2D eigenvalue weighted by atomic mass is 9.79. The van der Waals surface area contributed by atoms with Gasteiger partial charge in [0.25, 0.3) is 0 Å². The van der Waals surface area contributed by atoms with Crippen LogP contribution < -0.4 is 5.73 Å². The maximum absolute atomic E-state index is 6.02. The molecule has 15 heavy (non-hydrogen) atoms. The lowest BCUT2D eigenvalue weighted by Crippen LogP contribution is -2.29. The van der Waals surface area contributed by atoms with Crippen molar-refractivity contribution in [1.29, 1.82) is 0 Å². The zero-order valence-electron chi connectivity index (χ0n) is 10.5. The molecule has 1 saturated carbocycles. The van der Waals surface area contributed by atoms with E-state index in [9.17, 15) is 0 Å². The van der Waals surface area contributed by atoms with Gasteiger partial charge in [0.1, 0.15) is 0 Å². The normalized spacial score (nSPS) is 28.4. The number of hydrogen-bond acceptors (Lipinski definition) is 1. The summed E-state index contributed by atoms with van der Waals surface area (Å²) in [5.74, 6) is 2.43. The molecule has 0 heterocycles. The average Bonchev–Trinajstić information content (AvgIpc) is 2.18. The van der Waals surface area contributed by atoms with Gasteiger partial charge in [0.2, 0.25) is 0 Å². The number of amidine groups is 1. The topological polar surface area (TPSA) is 38.4 Å².